The van der Waals surface area contributed by atoms with E-state index in [2.05, 4.69) is 25.5 Å². The fraction of sp³-hybridized carbons (Fsp3) is 0.333. The van der Waals surface area contributed by atoms with E-state index in [1.54, 1.807) is 38.0 Å². The lowest BCUT2D eigenvalue weighted by Gasteiger charge is -2.18. The molecule has 0 atom stereocenters. The van der Waals surface area contributed by atoms with E-state index in [1.807, 2.05) is 18.3 Å². The third-order valence-corrected chi connectivity index (χ3v) is 5.33. The van der Waals surface area contributed by atoms with Crippen molar-refractivity contribution in [1.82, 2.24) is 24.8 Å². The molecule has 4 aromatic rings. The van der Waals surface area contributed by atoms with Crippen LogP contribution in [0, 0.1) is 0 Å². The van der Waals surface area contributed by atoms with Crippen LogP contribution in [0.25, 0.3) is 17.0 Å². The van der Waals surface area contributed by atoms with Gasteiger partial charge in [-0.2, -0.15) is 4.98 Å². The molecule has 0 radical (unpaired) electrons. The van der Waals surface area contributed by atoms with Gasteiger partial charge in [-0.1, -0.05) is 5.10 Å². The summed E-state index contributed by atoms with van der Waals surface area (Å²) in [7, 11) is 4.65. The van der Waals surface area contributed by atoms with Crippen LogP contribution < -0.4 is 24.4 Å². The van der Waals surface area contributed by atoms with Crippen LogP contribution >= 0.6 is 0 Å². The summed E-state index contributed by atoms with van der Waals surface area (Å²) in [4.78, 5) is 6.97. The molecule has 1 aliphatic rings. The van der Waals surface area contributed by atoms with Crippen LogP contribution in [0.2, 0.25) is 0 Å². The van der Waals surface area contributed by atoms with Crippen molar-refractivity contribution in [3.8, 4) is 28.7 Å². The van der Waals surface area contributed by atoms with E-state index in [-0.39, 0.29) is 11.9 Å². The van der Waals surface area contributed by atoms with Gasteiger partial charge in [0.05, 0.1) is 21.3 Å². The number of anilines is 3. The molecule has 1 aliphatic heterocycles. The Kier molecular flexibility index (Phi) is 5.13. The first kappa shape index (κ1) is 19.9. The molecule has 11 heteroatoms. The fourth-order valence-electron chi connectivity index (χ4n) is 3.82. The number of ether oxygens (including phenoxy) is 3. The zero-order valence-electron chi connectivity index (χ0n) is 18.0. The zero-order valence-corrected chi connectivity index (χ0v) is 18.0. The van der Waals surface area contributed by atoms with Gasteiger partial charge in [-0.25, -0.2) is 4.52 Å². The van der Waals surface area contributed by atoms with Crippen LogP contribution in [0.4, 0.5) is 17.8 Å². The first-order valence-corrected chi connectivity index (χ1v) is 10.2. The monoisotopic (exact) mass is 437 g/mol. The van der Waals surface area contributed by atoms with Gasteiger partial charge in [-0.15, -0.1) is 10.2 Å². The van der Waals surface area contributed by atoms with E-state index in [1.165, 1.54) is 0 Å². The maximum Gasteiger partial charge on any atom is 0.322 e. The largest absolute Gasteiger partial charge is 0.493 e. The SMILES string of the molecule is COc1cc(-c2nnc(Nc3nc(N4CCCC4)c4cccn4n3)o2)cc(OC)c1OC. The molecule has 0 aliphatic carbocycles. The smallest absolute Gasteiger partial charge is 0.322 e. The van der Waals surface area contributed by atoms with Gasteiger partial charge in [0.1, 0.15) is 5.52 Å². The summed E-state index contributed by atoms with van der Waals surface area (Å²) in [5, 5.41) is 15.8. The van der Waals surface area contributed by atoms with Gasteiger partial charge in [0.2, 0.25) is 11.6 Å². The average Bonchev–Trinajstić information content (AvgIpc) is 3.59. The molecule has 1 aromatic carbocycles. The van der Waals surface area contributed by atoms with Crippen LogP contribution in [0.5, 0.6) is 17.2 Å². The van der Waals surface area contributed by atoms with Gasteiger partial charge in [0.15, 0.2) is 17.3 Å². The Morgan fingerprint density at radius 1 is 1.00 bits per heavy atom. The Labute approximate surface area is 183 Å². The van der Waals surface area contributed by atoms with Crippen molar-refractivity contribution < 1.29 is 18.6 Å². The second-order valence-corrected chi connectivity index (χ2v) is 7.24. The maximum atomic E-state index is 5.82. The van der Waals surface area contributed by atoms with Crippen molar-refractivity contribution in [1.29, 1.82) is 0 Å². The number of fused-ring (bicyclic) bond motifs is 1. The number of benzene rings is 1. The van der Waals surface area contributed by atoms with E-state index in [4.69, 9.17) is 23.6 Å². The summed E-state index contributed by atoms with van der Waals surface area (Å²) in [5.74, 6) is 3.01. The number of rotatable bonds is 7. The zero-order chi connectivity index (χ0) is 22.1. The predicted molar refractivity (Wildman–Crippen MR) is 117 cm³/mol. The second kappa shape index (κ2) is 8.25. The summed E-state index contributed by atoms with van der Waals surface area (Å²) >= 11 is 0. The van der Waals surface area contributed by atoms with Crippen molar-refractivity contribution in [2.45, 2.75) is 12.8 Å². The average molecular weight is 437 g/mol. The molecule has 1 fully saturated rings. The van der Waals surface area contributed by atoms with Gasteiger partial charge < -0.3 is 23.5 Å². The highest BCUT2D eigenvalue weighted by Crippen LogP contribution is 2.41. The minimum absolute atomic E-state index is 0.174. The van der Waals surface area contributed by atoms with Crippen molar-refractivity contribution in [3.63, 3.8) is 0 Å². The molecular weight excluding hydrogens is 414 g/mol. The van der Waals surface area contributed by atoms with Crippen molar-refractivity contribution in [2.24, 2.45) is 0 Å². The van der Waals surface area contributed by atoms with E-state index in [9.17, 15) is 0 Å². The lowest BCUT2D eigenvalue weighted by atomic mass is 10.2. The minimum Gasteiger partial charge on any atom is -0.493 e. The quantitative estimate of drug-likeness (QED) is 0.463. The number of methoxy groups -OCH3 is 3. The second-order valence-electron chi connectivity index (χ2n) is 7.24. The van der Waals surface area contributed by atoms with E-state index in [0.717, 1.165) is 37.3 Å². The van der Waals surface area contributed by atoms with Gasteiger partial charge in [0.25, 0.3) is 5.95 Å². The van der Waals surface area contributed by atoms with Gasteiger partial charge in [-0.3, -0.25) is 5.32 Å². The summed E-state index contributed by atoms with van der Waals surface area (Å²) in [6, 6.07) is 7.61. The van der Waals surface area contributed by atoms with Crippen molar-refractivity contribution in [3.05, 3.63) is 30.5 Å². The minimum atomic E-state index is 0.174. The Hall–Kier alpha value is -4.02. The molecule has 0 spiro atoms. The Morgan fingerprint density at radius 3 is 2.44 bits per heavy atom. The van der Waals surface area contributed by atoms with Gasteiger partial charge >= 0.3 is 6.01 Å². The lowest BCUT2D eigenvalue weighted by molar-refractivity contribution is 0.324. The molecule has 0 amide bonds. The number of hydrogen-bond donors (Lipinski definition) is 1. The molecule has 11 nitrogen and oxygen atoms in total. The number of aromatic nitrogens is 5. The van der Waals surface area contributed by atoms with Crippen LogP contribution in [0.15, 0.2) is 34.9 Å². The van der Waals surface area contributed by atoms with Crippen LogP contribution in [0.1, 0.15) is 12.8 Å². The van der Waals surface area contributed by atoms with Crippen molar-refractivity contribution >= 4 is 23.3 Å². The maximum absolute atomic E-state index is 5.82. The van der Waals surface area contributed by atoms with Crippen molar-refractivity contribution in [2.75, 3.05) is 44.6 Å². The molecule has 1 saturated heterocycles. The summed E-state index contributed by atoms with van der Waals surface area (Å²) < 4.78 is 23.8. The molecule has 0 bridgehead atoms. The predicted octanol–water partition coefficient (Wildman–Crippen LogP) is 3.15. The third kappa shape index (κ3) is 3.51. The standard InChI is InChI=1S/C21H23N7O4/c1-29-15-11-13(12-16(30-2)17(15)31-3)19-24-25-21(32-19)23-20-22-18(27-8-4-5-9-27)14-7-6-10-28(14)26-20/h6-7,10-12H,4-5,8-9H2,1-3H3,(H,23,25,26). The molecule has 166 valence electrons. The first-order chi connectivity index (χ1) is 15.7. The molecule has 32 heavy (non-hydrogen) atoms. The van der Waals surface area contributed by atoms with Crippen LogP contribution in [0.3, 0.4) is 0 Å². The fourth-order valence-corrected chi connectivity index (χ4v) is 3.82. The van der Waals surface area contributed by atoms with Gasteiger partial charge in [-0.05, 0) is 37.1 Å². The molecule has 0 saturated carbocycles. The van der Waals surface area contributed by atoms with Gasteiger partial charge in [0, 0.05) is 24.8 Å². The van der Waals surface area contributed by atoms with E-state index >= 15 is 0 Å². The van der Waals surface area contributed by atoms with Crippen LogP contribution in [-0.4, -0.2) is 59.2 Å². The van der Waals surface area contributed by atoms with E-state index in [0.29, 0.717) is 28.8 Å². The first-order valence-electron chi connectivity index (χ1n) is 10.2. The highest BCUT2D eigenvalue weighted by atomic mass is 16.5. The number of nitrogens with zero attached hydrogens (tertiary/aromatic N) is 6. The highest BCUT2D eigenvalue weighted by molar-refractivity contribution is 5.71. The molecule has 1 N–H and O–H groups in total. The van der Waals surface area contributed by atoms with Crippen LogP contribution in [-0.2, 0) is 0 Å². The highest BCUT2D eigenvalue weighted by Gasteiger charge is 2.20. The number of nitrogens with one attached hydrogen (secondary N) is 1. The Balaban J connectivity index is 1.46. The lowest BCUT2D eigenvalue weighted by Crippen LogP contribution is -2.21. The number of hydrogen-bond acceptors (Lipinski definition) is 10. The molecule has 0 unspecified atom stereocenters. The molecular formula is C21H23N7O4. The Bertz CT molecular complexity index is 1220. The summed E-state index contributed by atoms with van der Waals surface area (Å²) in [6.07, 6.45) is 4.19. The van der Waals surface area contributed by atoms with E-state index < -0.39 is 0 Å². The molecule has 5 rings (SSSR count). The molecule has 3 aromatic heterocycles. The summed E-state index contributed by atoms with van der Waals surface area (Å²) in [5.41, 5.74) is 1.58. The third-order valence-electron chi connectivity index (χ3n) is 5.33. The Morgan fingerprint density at radius 2 is 1.75 bits per heavy atom. The topological polar surface area (TPSA) is 112 Å². The molecule has 4 heterocycles. The summed E-state index contributed by atoms with van der Waals surface area (Å²) in [6.45, 7) is 1.95. The normalized spacial score (nSPS) is 13.5.